The second-order valence-electron chi connectivity index (χ2n) is 7.32. The zero-order chi connectivity index (χ0) is 19.5. The van der Waals surface area contributed by atoms with Crippen LogP contribution in [0.25, 0.3) is 10.9 Å². The summed E-state index contributed by atoms with van der Waals surface area (Å²) in [5.74, 6) is -0.218. The van der Waals surface area contributed by atoms with Crippen molar-refractivity contribution >= 4 is 22.7 Å². The van der Waals surface area contributed by atoms with E-state index in [2.05, 4.69) is 33.9 Å². The fraction of sp³-hybridized carbons (Fsp3) is 0.318. The van der Waals surface area contributed by atoms with Crippen LogP contribution >= 0.6 is 0 Å². The average Bonchev–Trinajstić information content (AvgIpc) is 3.30. The molecular weight excluding hydrogens is 352 g/mol. The van der Waals surface area contributed by atoms with Crippen molar-refractivity contribution in [3.63, 3.8) is 0 Å². The van der Waals surface area contributed by atoms with E-state index >= 15 is 0 Å². The number of nitrogens with zero attached hydrogens (tertiary/aromatic N) is 4. The number of pyridine rings is 1. The number of likely N-dealkylation sites (tertiary alicyclic amines) is 1. The molecule has 1 aliphatic heterocycles. The highest BCUT2D eigenvalue weighted by molar-refractivity contribution is 5.89. The third kappa shape index (κ3) is 3.76. The lowest BCUT2D eigenvalue weighted by atomic mass is 10.1. The molecular formula is C22H24N4O2. The van der Waals surface area contributed by atoms with Crippen molar-refractivity contribution in [2.75, 3.05) is 20.1 Å². The van der Waals surface area contributed by atoms with Gasteiger partial charge in [-0.05, 0) is 29.7 Å². The summed E-state index contributed by atoms with van der Waals surface area (Å²) in [4.78, 5) is 32.9. The average molecular weight is 376 g/mol. The van der Waals surface area contributed by atoms with Crippen LogP contribution < -0.4 is 0 Å². The summed E-state index contributed by atoms with van der Waals surface area (Å²) < 4.78 is 2.16. The highest BCUT2D eigenvalue weighted by Gasteiger charge is 2.35. The van der Waals surface area contributed by atoms with Gasteiger partial charge in [-0.3, -0.25) is 14.6 Å². The Morgan fingerprint density at radius 3 is 2.82 bits per heavy atom. The first-order valence-electron chi connectivity index (χ1n) is 9.58. The summed E-state index contributed by atoms with van der Waals surface area (Å²) in [5.41, 5.74) is 2.01. The van der Waals surface area contributed by atoms with Crippen LogP contribution in [0.1, 0.15) is 12.1 Å². The number of rotatable bonds is 6. The van der Waals surface area contributed by atoms with Crippen molar-refractivity contribution in [2.24, 2.45) is 5.92 Å². The standard InChI is InChI=1S/C22H24N4O2/c1-24(12-13-25-11-9-17-6-2-3-8-20(17)25)22(28)18-14-21(27)26(15-18)16-19-7-4-5-10-23-19/h2-11,18H,12-16H2,1H3. The van der Waals surface area contributed by atoms with Crippen molar-refractivity contribution in [2.45, 2.75) is 19.5 Å². The highest BCUT2D eigenvalue weighted by Crippen LogP contribution is 2.22. The summed E-state index contributed by atoms with van der Waals surface area (Å²) in [6, 6.07) is 16.0. The maximum Gasteiger partial charge on any atom is 0.227 e. The first kappa shape index (κ1) is 18.2. The quantitative estimate of drug-likeness (QED) is 0.664. The van der Waals surface area contributed by atoms with Gasteiger partial charge >= 0.3 is 0 Å². The monoisotopic (exact) mass is 376 g/mol. The third-order valence-corrected chi connectivity index (χ3v) is 5.38. The molecule has 0 spiro atoms. The minimum Gasteiger partial charge on any atom is -0.346 e. The molecule has 1 unspecified atom stereocenters. The molecule has 2 amide bonds. The molecule has 1 atom stereocenters. The van der Waals surface area contributed by atoms with Crippen LogP contribution in [0.5, 0.6) is 0 Å². The lowest BCUT2D eigenvalue weighted by molar-refractivity contribution is -0.134. The number of amides is 2. The van der Waals surface area contributed by atoms with Gasteiger partial charge in [0.2, 0.25) is 11.8 Å². The molecule has 0 N–H and O–H groups in total. The molecule has 1 saturated heterocycles. The molecule has 144 valence electrons. The fourth-order valence-electron chi connectivity index (χ4n) is 3.79. The van der Waals surface area contributed by atoms with Gasteiger partial charge in [0.1, 0.15) is 0 Å². The maximum atomic E-state index is 12.8. The van der Waals surface area contributed by atoms with Gasteiger partial charge in [0, 0.05) is 51.0 Å². The number of fused-ring (bicyclic) bond motifs is 1. The molecule has 1 fully saturated rings. The smallest absolute Gasteiger partial charge is 0.227 e. The molecule has 0 bridgehead atoms. The van der Waals surface area contributed by atoms with Crippen LogP contribution in [-0.2, 0) is 22.7 Å². The SMILES string of the molecule is CN(CCn1ccc2ccccc21)C(=O)C1CC(=O)N(Cc2ccccn2)C1. The van der Waals surface area contributed by atoms with E-state index in [1.807, 2.05) is 37.4 Å². The van der Waals surface area contributed by atoms with E-state index in [4.69, 9.17) is 0 Å². The Morgan fingerprint density at radius 2 is 2.00 bits per heavy atom. The number of carbonyl (C=O) groups is 2. The number of likely N-dealkylation sites (N-methyl/N-ethyl adjacent to an activating group) is 1. The summed E-state index contributed by atoms with van der Waals surface area (Å²) in [5, 5.41) is 1.20. The van der Waals surface area contributed by atoms with E-state index in [0.29, 0.717) is 19.6 Å². The second kappa shape index (κ2) is 7.84. The van der Waals surface area contributed by atoms with E-state index in [9.17, 15) is 9.59 Å². The normalized spacial score (nSPS) is 16.7. The van der Waals surface area contributed by atoms with Crippen molar-refractivity contribution in [3.05, 3.63) is 66.6 Å². The Kier molecular flexibility index (Phi) is 5.10. The van der Waals surface area contributed by atoms with E-state index in [1.165, 1.54) is 10.9 Å². The van der Waals surface area contributed by atoms with Gasteiger partial charge in [-0.2, -0.15) is 0 Å². The maximum absolute atomic E-state index is 12.8. The Balaban J connectivity index is 1.34. The van der Waals surface area contributed by atoms with Crippen LogP contribution in [0.15, 0.2) is 60.9 Å². The van der Waals surface area contributed by atoms with Crippen LogP contribution in [0.3, 0.4) is 0 Å². The number of benzene rings is 1. The molecule has 1 aliphatic rings. The summed E-state index contributed by atoms with van der Waals surface area (Å²) >= 11 is 0. The predicted octanol–water partition coefficient (Wildman–Crippen LogP) is 2.54. The largest absolute Gasteiger partial charge is 0.346 e. The number of carbonyl (C=O) groups excluding carboxylic acids is 2. The van der Waals surface area contributed by atoms with E-state index < -0.39 is 0 Å². The summed E-state index contributed by atoms with van der Waals surface area (Å²) in [7, 11) is 1.82. The molecule has 2 aromatic heterocycles. The topological polar surface area (TPSA) is 58.4 Å². The van der Waals surface area contributed by atoms with Gasteiger partial charge in [-0.15, -0.1) is 0 Å². The van der Waals surface area contributed by atoms with Crippen molar-refractivity contribution in [1.82, 2.24) is 19.4 Å². The molecule has 0 radical (unpaired) electrons. The molecule has 6 nitrogen and oxygen atoms in total. The summed E-state index contributed by atoms with van der Waals surface area (Å²) in [6.45, 7) is 2.27. The fourth-order valence-corrected chi connectivity index (χ4v) is 3.79. The molecule has 0 aliphatic carbocycles. The van der Waals surface area contributed by atoms with Crippen LogP contribution in [0.2, 0.25) is 0 Å². The first-order valence-corrected chi connectivity index (χ1v) is 9.58. The van der Waals surface area contributed by atoms with Crippen molar-refractivity contribution in [1.29, 1.82) is 0 Å². The molecule has 6 heteroatoms. The van der Waals surface area contributed by atoms with Gasteiger partial charge in [-0.25, -0.2) is 0 Å². The Labute approximate surface area is 164 Å². The third-order valence-electron chi connectivity index (χ3n) is 5.38. The Hall–Kier alpha value is -3.15. The molecule has 3 aromatic rings. The molecule has 4 rings (SSSR count). The zero-order valence-electron chi connectivity index (χ0n) is 16.0. The van der Waals surface area contributed by atoms with Crippen LogP contribution in [0.4, 0.5) is 0 Å². The molecule has 28 heavy (non-hydrogen) atoms. The first-order chi connectivity index (χ1) is 13.6. The zero-order valence-corrected chi connectivity index (χ0v) is 16.0. The molecule has 0 saturated carbocycles. The van der Waals surface area contributed by atoms with Gasteiger partial charge in [-0.1, -0.05) is 24.3 Å². The van der Waals surface area contributed by atoms with Crippen LogP contribution in [0, 0.1) is 5.92 Å². The lowest BCUT2D eigenvalue weighted by Gasteiger charge is -2.22. The van der Waals surface area contributed by atoms with Gasteiger partial charge in [0.15, 0.2) is 0 Å². The molecule has 1 aromatic carbocycles. The number of aromatic nitrogens is 2. The minimum atomic E-state index is -0.275. The van der Waals surface area contributed by atoms with E-state index in [-0.39, 0.29) is 24.2 Å². The van der Waals surface area contributed by atoms with Gasteiger partial charge in [0.05, 0.1) is 18.2 Å². The number of hydrogen-bond acceptors (Lipinski definition) is 3. The molecule has 3 heterocycles. The summed E-state index contributed by atoms with van der Waals surface area (Å²) in [6.07, 6.45) is 4.05. The van der Waals surface area contributed by atoms with E-state index in [1.54, 1.807) is 16.0 Å². The lowest BCUT2D eigenvalue weighted by Crippen LogP contribution is -2.36. The van der Waals surface area contributed by atoms with Gasteiger partial charge < -0.3 is 14.4 Å². The number of para-hydroxylation sites is 1. The highest BCUT2D eigenvalue weighted by atomic mass is 16.2. The van der Waals surface area contributed by atoms with Crippen molar-refractivity contribution in [3.8, 4) is 0 Å². The number of hydrogen-bond donors (Lipinski definition) is 0. The Bertz CT molecular complexity index is 982. The van der Waals surface area contributed by atoms with Gasteiger partial charge in [0.25, 0.3) is 0 Å². The minimum absolute atomic E-state index is 0.0220. The Morgan fingerprint density at radius 1 is 1.18 bits per heavy atom. The van der Waals surface area contributed by atoms with Crippen molar-refractivity contribution < 1.29 is 9.59 Å². The predicted molar refractivity (Wildman–Crippen MR) is 107 cm³/mol. The second-order valence-corrected chi connectivity index (χ2v) is 7.32. The van der Waals surface area contributed by atoms with Crippen LogP contribution in [-0.4, -0.2) is 51.3 Å². The van der Waals surface area contributed by atoms with E-state index in [0.717, 1.165) is 12.2 Å².